The number of hydrogen-bond acceptors (Lipinski definition) is 2. The normalized spacial score (nSPS) is 10.5. The van der Waals surface area contributed by atoms with Crippen molar-refractivity contribution in [3.05, 3.63) is 105 Å². The van der Waals surface area contributed by atoms with Crippen LogP contribution in [0.25, 0.3) is 5.57 Å². The topological polar surface area (TPSA) is 46.5 Å². The predicted octanol–water partition coefficient (Wildman–Crippen LogP) is 6.10. The van der Waals surface area contributed by atoms with E-state index in [-0.39, 0.29) is 24.7 Å². The number of rotatable bonds is 8. The minimum Gasteiger partial charge on any atom is -0.488 e. The fourth-order valence-electron chi connectivity index (χ4n) is 2.94. The third-order valence-corrected chi connectivity index (χ3v) is 5.30. The fourth-order valence-corrected chi connectivity index (χ4v) is 3.68. The second-order valence-corrected chi connectivity index (χ2v) is 7.76. The summed E-state index contributed by atoms with van der Waals surface area (Å²) in [7, 11) is 0. The first kappa shape index (κ1) is 22.0. The zero-order chi connectivity index (χ0) is 21.5. The van der Waals surface area contributed by atoms with Gasteiger partial charge in [-0.25, -0.2) is 8.78 Å². The molecule has 0 heterocycles. The minimum absolute atomic E-state index is 0.0811. The van der Waals surface area contributed by atoms with Crippen molar-refractivity contribution in [1.82, 2.24) is 0 Å². The highest BCUT2D eigenvalue weighted by molar-refractivity contribution is 14.1. The van der Waals surface area contributed by atoms with Gasteiger partial charge < -0.3 is 9.84 Å². The molecule has 0 atom stereocenters. The molecule has 0 saturated carbocycles. The molecule has 0 aliphatic carbocycles. The van der Waals surface area contributed by atoms with Gasteiger partial charge in [-0.1, -0.05) is 30.3 Å². The summed E-state index contributed by atoms with van der Waals surface area (Å²) in [4.78, 5) is 10.7. The van der Waals surface area contributed by atoms with Crippen LogP contribution in [-0.2, 0) is 11.2 Å². The van der Waals surface area contributed by atoms with Crippen LogP contribution in [0.15, 0.2) is 72.8 Å². The Bertz CT molecular complexity index is 998. The number of hydrogen-bond donors (Lipinski definition) is 1. The lowest BCUT2D eigenvalue weighted by Crippen LogP contribution is -2.00. The van der Waals surface area contributed by atoms with Crippen LogP contribution in [0, 0.1) is 15.2 Å². The summed E-state index contributed by atoms with van der Waals surface area (Å²) in [5, 5.41) is 8.81. The Kier molecular flexibility index (Phi) is 7.57. The van der Waals surface area contributed by atoms with Crippen LogP contribution in [0.5, 0.6) is 5.75 Å². The van der Waals surface area contributed by atoms with Crippen LogP contribution in [0.2, 0.25) is 0 Å². The van der Waals surface area contributed by atoms with E-state index in [1.54, 1.807) is 24.3 Å². The zero-order valence-electron chi connectivity index (χ0n) is 15.9. The van der Waals surface area contributed by atoms with Gasteiger partial charge in [-0.2, -0.15) is 0 Å². The smallest absolute Gasteiger partial charge is 0.303 e. The van der Waals surface area contributed by atoms with Crippen molar-refractivity contribution in [2.24, 2.45) is 0 Å². The average Bonchev–Trinajstić information content (AvgIpc) is 2.72. The molecule has 0 unspecified atom stereocenters. The van der Waals surface area contributed by atoms with Gasteiger partial charge in [-0.15, -0.1) is 0 Å². The van der Waals surface area contributed by atoms with Gasteiger partial charge in [-0.3, -0.25) is 4.79 Å². The Hall–Kier alpha value is -2.74. The summed E-state index contributed by atoms with van der Waals surface area (Å²) in [6.07, 6.45) is 2.41. The third kappa shape index (κ3) is 6.13. The highest BCUT2D eigenvalue weighted by atomic mass is 127. The molecule has 3 aromatic rings. The Morgan fingerprint density at radius 3 is 2.00 bits per heavy atom. The quantitative estimate of drug-likeness (QED) is 0.366. The Balaban J connectivity index is 1.78. The van der Waals surface area contributed by atoms with E-state index in [9.17, 15) is 13.6 Å². The summed E-state index contributed by atoms with van der Waals surface area (Å²) in [6, 6.07) is 17.8. The number of carboxylic acid groups (broad SMARTS) is 1. The summed E-state index contributed by atoms with van der Waals surface area (Å²) in [6.45, 7) is 0.258. The molecule has 1 N–H and O–H groups in total. The lowest BCUT2D eigenvalue weighted by Gasteiger charge is -2.11. The molecular formula is C24H19F2IO3. The maximum atomic E-state index is 13.3. The molecular weight excluding hydrogens is 501 g/mol. The lowest BCUT2D eigenvalue weighted by atomic mass is 9.97. The van der Waals surface area contributed by atoms with Crippen molar-refractivity contribution >= 4 is 34.1 Å². The molecule has 3 aromatic carbocycles. The molecule has 30 heavy (non-hydrogen) atoms. The second-order valence-electron chi connectivity index (χ2n) is 6.60. The fraction of sp³-hybridized carbons (Fsp3) is 0.125. The molecule has 0 spiro atoms. The summed E-state index contributed by atoms with van der Waals surface area (Å²) in [5.41, 5.74) is 3.33. The van der Waals surface area contributed by atoms with Crippen molar-refractivity contribution in [2.45, 2.75) is 12.8 Å². The summed E-state index contributed by atoms with van der Waals surface area (Å²) >= 11 is 2.15. The first-order chi connectivity index (χ1) is 14.4. The van der Waals surface area contributed by atoms with Crippen molar-refractivity contribution in [1.29, 1.82) is 0 Å². The van der Waals surface area contributed by atoms with Gasteiger partial charge in [0.1, 0.15) is 24.0 Å². The highest BCUT2D eigenvalue weighted by Crippen LogP contribution is 2.26. The van der Waals surface area contributed by atoms with E-state index in [2.05, 4.69) is 22.6 Å². The van der Waals surface area contributed by atoms with Gasteiger partial charge in [0.05, 0.1) is 3.57 Å². The van der Waals surface area contributed by atoms with Gasteiger partial charge in [-0.05, 0) is 93.7 Å². The third-order valence-electron chi connectivity index (χ3n) is 4.46. The van der Waals surface area contributed by atoms with E-state index < -0.39 is 5.97 Å². The first-order valence-electron chi connectivity index (χ1n) is 9.27. The standard InChI is InChI=1S/C24H19F2IO3/c25-19-7-3-17(4-8-19)21(18-5-9-20(26)10-6-18)13-14-30-23-11-1-16(15-22(23)27)2-12-24(28)29/h1,3-11,13,15H,2,12,14H2,(H,28,29). The van der Waals surface area contributed by atoms with E-state index in [4.69, 9.17) is 9.84 Å². The van der Waals surface area contributed by atoms with Gasteiger partial charge >= 0.3 is 5.97 Å². The molecule has 0 saturated heterocycles. The molecule has 0 aliphatic rings. The van der Waals surface area contributed by atoms with E-state index in [0.29, 0.717) is 12.2 Å². The van der Waals surface area contributed by atoms with Gasteiger partial charge in [0.25, 0.3) is 0 Å². The molecule has 6 heteroatoms. The second kappa shape index (κ2) is 10.3. The van der Waals surface area contributed by atoms with E-state index in [0.717, 1.165) is 25.8 Å². The molecule has 0 aliphatic heterocycles. The van der Waals surface area contributed by atoms with Crippen LogP contribution in [0.1, 0.15) is 23.1 Å². The molecule has 3 nitrogen and oxygen atoms in total. The molecule has 3 rings (SSSR count). The maximum absolute atomic E-state index is 13.3. The van der Waals surface area contributed by atoms with Crippen LogP contribution >= 0.6 is 22.6 Å². The van der Waals surface area contributed by atoms with Gasteiger partial charge in [0, 0.05) is 6.42 Å². The Labute approximate surface area is 187 Å². The number of carbonyl (C=O) groups is 1. The molecule has 0 aromatic heterocycles. The number of carboxylic acids is 1. The number of benzene rings is 3. The van der Waals surface area contributed by atoms with E-state index in [1.807, 2.05) is 24.3 Å². The monoisotopic (exact) mass is 520 g/mol. The molecule has 0 bridgehead atoms. The van der Waals surface area contributed by atoms with E-state index >= 15 is 0 Å². The number of aliphatic carboxylic acids is 1. The maximum Gasteiger partial charge on any atom is 0.303 e. The Morgan fingerprint density at radius 1 is 0.933 bits per heavy atom. The van der Waals surface area contributed by atoms with Gasteiger partial charge in [0.2, 0.25) is 0 Å². The van der Waals surface area contributed by atoms with E-state index in [1.165, 1.54) is 24.3 Å². The van der Waals surface area contributed by atoms with Crippen molar-refractivity contribution in [2.75, 3.05) is 6.61 Å². The van der Waals surface area contributed by atoms with Gasteiger partial charge in [0.15, 0.2) is 0 Å². The molecule has 0 radical (unpaired) electrons. The molecule has 154 valence electrons. The van der Waals surface area contributed by atoms with Crippen molar-refractivity contribution < 1.29 is 23.4 Å². The Morgan fingerprint density at radius 2 is 1.50 bits per heavy atom. The summed E-state index contributed by atoms with van der Waals surface area (Å²) < 4.78 is 33.4. The van der Waals surface area contributed by atoms with Crippen molar-refractivity contribution in [3.8, 4) is 5.75 Å². The zero-order valence-corrected chi connectivity index (χ0v) is 18.1. The predicted molar refractivity (Wildman–Crippen MR) is 120 cm³/mol. The molecule has 0 fully saturated rings. The SMILES string of the molecule is O=C(O)CCc1ccc(OCC=C(c2ccc(F)cc2)c2ccc(F)cc2)c(I)c1. The number of aryl methyl sites for hydroxylation is 1. The van der Waals surface area contributed by atoms with Crippen LogP contribution in [-0.4, -0.2) is 17.7 Å². The van der Waals surface area contributed by atoms with Crippen LogP contribution in [0.3, 0.4) is 0 Å². The lowest BCUT2D eigenvalue weighted by molar-refractivity contribution is -0.136. The first-order valence-corrected chi connectivity index (χ1v) is 10.4. The molecule has 0 amide bonds. The van der Waals surface area contributed by atoms with Crippen molar-refractivity contribution in [3.63, 3.8) is 0 Å². The largest absolute Gasteiger partial charge is 0.488 e. The van der Waals surface area contributed by atoms with Crippen LogP contribution in [0.4, 0.5) is 8.78 Å². The summed E-state index contributed by atoms with van der Waals surface area (Å²) in [5.74, 6) is -0.801. The number of halogens is 3. The average molecular weight is 520 g/mol. The van der Waals surface area contributed by atoms with Crippen LogP contribution < -0.4 is 4.74 Å². The minimum atomic E-state index is -0.829. The highest BCUT2D eigenvalue weighted by Gasteiger charge is 2.08. The number of ether oxygens (including phenoxy) is 1.